The first-order chi connectivity index (χ1) is 14.3. The minimum absolute atomic E-state index is 0.0176. The number of hydrogen-bond donors (Lipinski definition) is 2. The van der Waals surface area contributed by atoms with Gasteiger partial charge in [0.05, 0.1) is 12.0 Å². The number of carbonyl (C=O) groups is 4. The first-order valence-corrected chi connectivity index (χ1v) is 9.36. The molecular formula is C21H22N2O7. The van der Waals surface area contributed by atoms with Gasteiger partial charge in [0.25, 0.3) is 5.91 Å². The number of ether oxygens (including phenoxy) is 2. The molecule has 0 radical (unpaired) electrons. The van der Waals surface area contributed by atoms with Gasteiger partial charge in [-0.05, 0) is 36.6 Å². The van der Waals surface area contributed by atoms with Gasteiger partial charge in [0, 0.05) is 12.6 Å². The highest BCUT2D eigenvalue weighted by molar-refractivity contribution is 6.06. The lowest BCUT2D eigenvalue weighted by atomic mass is 9.82. The number of carboxylic acids is 1. The van der Waals surface area contributed by atoms with Crippen molar-refractivity contribution >= 4 is 29.5 Å². The van der Waals surface area contributed by atoms with Crippen LogP contribution >= 0.6 is 0 Å². The monoisotopic (exact) mass is 414 g/mol. The SMILES string of the molecule is C=CCOC(=O)O[C@H](C)[C@H]1C(=O)N2C(C(=O)O)=C(c3cccc(C(=O)NC)c3)C[C@H]12. The van der Waals surface area contributed by atoms with Crippen LogP contribution in [0.25, 0.3) is 5.57 Å². The number of carboxylic acid groups (broad SMARTS) is 1. The van der Waals surface area contributed by atoms with Crippen LogP contribution in [0, 0.1) is 5.92 Å². The van der Waals surface area contributed by atoms with E-state index in [9.17, 15) is 24.3 Å². The third-order valence-electron chi connectivity index (χ3n) is 5.22. The maximum absolute atomic E-state index is 12.7. The Balaban J connectivity index is 1.84. The predicted molar refractivity (Wildman–Crippen MR) is 105 cm³/mol. The van der Waals surface area contributed by atoms with E-state index in [-0.39, 0.29) is 24.6 Å². The maximum Gasteiger partial charge on any atom is 0.508 e. The summed E-state index contributed by atoms with van der Waals surface area (Å²) in [5.41, 5.74) is 1.27. The summed E-state index contributed by atoms with van der Waals surface area (Å²) in [6.07, 6.45) is -0.0503. The van der Waals surface area contributed by atoms with Gasteiger partial charge in [0.15, 0.2) is 0 Å². The van der Waals surface area contributed by atoms with E-state index in [0.29, 0.717) is 16.7 Å². The number of nitrogens with one attached hydrogen (secondary N) is 1. The van der Waals surface area contributed by atoms with Crippen molar-refractivity contribution in [2.24, 2.45) is 5.92 Å². The largest absolute Gasteiger partial charge is 0.508 e. The standard InChI is InChI=1S/C21H22N2O7/c1-4-8-29-21(28)30-11(2)16-15-10-14(17(20(26)27)23(15)19(16)25)12-6-5-7-13(9-12)18(24)22-3/h4-7,9,11,15-16H,1,8,10H2,2-3H3,(H,22,24)(H,26,27)/t11-,15-,16-/m1/s1. The minimum atomic E-state index is -1.23. The fourth-order valence-electron chi connectivity index (χ4n) is 3.89. The van der Waals surface area contributed by atoms with Crippen molar-refractivity contribution in [3.05, 3.63) is 53.7 Å². The molecule has 0 unspecified atom stereocenters. The molecule has 2 aliphatic rings. The zero-order valence-corrected chi connectivity index (χ0v) is 16.6. The molecular weight excluding hydrogens is 392 g/mol. The second-order valence-corrected chi connectivity index (χ2v) is 6.97. The molecule has 2 aliphatic heterocycles. The molecule has 2 amide bonds. The fraction of sp³-hybridized carbons (Fsp3) is 0.333. The number of β-lactam (4-membered cyclic amide) rings is 1. The van der Waals surface area contributed by atoms with Crippen molar-refractivity contribution in [1.82, 2.24) is 10.2 Å². The summed E-state index contributed by atoms with van der Waals surface area (Å²) in [6.45, 7) is 4.99. The molecule has 0 spiro atoms. The summed E-state index contributed by atoms with van der Waals surface area (Å²) in [5.74, 6) is -2.65. The van der Waals surface area contributed by atoms with E-state index in [1.807, 2.05) is 0 Å². The molecule has 9 nitrogen and oxygen atoms in total. The lowest BCUT2D eigenvalue weighted by Crippen LogP contribution is -2.62. The van der Waals surface area contributed by atoms with Crippen LogP contribution in [0.1, 0.15) is 29.3 Å². The molecule has 0 saturated carbocycles. The summed E-state index contributed by atoms with van der Waals surface area (Å²) >= 11 is 0. The average molecular weight is 414 g/mol. The van der Waals surface area contributed by atoms with E-state index in [1.165, 1.54) is 18.0 Å². The highest BCUT2D eigenvalue weighted by Gasteiger charge is 2.58. The molecule has 3 rings (SSSR count). The van der Waals surface area contributed by atoms with E-state index in [4.69, 9.17) is 9.47 Å². The Labute approximate surface area is 172 Å². The summed E-state index contributed by atoms with van der Waals surface area (Å²) < 4.78 is 9.94. The van der Waals surface area contributed by atoms with Crippen LogP contribution in [0.4, 0.5) is 4.79 Å². The number of benzene rings is 1. The van der Waals surface area contributed by atoms with Crippen LogP contribution in [-0.4, -0.2) is 59.7 Å². The fourth-order valence-corrected chi connectivity index (χ4v) is 3.89. The molecule has 0 aromatic heterocycles. The van der Waals surface area contributed by atoms with Gasteiger partial charge in [-0.3, -0.25) is 9.59 Å². The smallest absolute Gasteiger partial charge is 0.477 e. The molecule has 0 aliphatic carbocycles. The van der Waals surface area contributed by atoms with E-state index in [1.54, 1.807) is 31.2 Å². The number of hydrogen-bond acceptors (Lipinski definition) is 6. The molecule has 2 N–H and O–H groups in total. The second-order valence-electron chi connectivity index (χ2n) is 6.97. The Bertz CT molecular complexity index is 952. The lowest BCUT2D eigenvalue weighted by Gasteiger charge is -2.45. The molecule has 1 aromatic rings. The summed E-state index contributed by atoms with van der Waals surface area (Å²) in [7, 11) is 1.50. The van der Waals surface area contributed by atoms with E-state index < -0.39 is 36.1 Å². The number of amides is 2. The van der Waals surface area contributed by atoms with Crippen LogP contribution in [0.2, 0.25) is 0 Å². The van der Waals surface area contributed by atoms with Crippen LogP contribution in [-0.2, 0) is 19.1 Å². The number of rotatable bonds is 7. The summed E-state index contributed by atoms with van der Waals surface area (Å²) in [4.78, 5) is 49.5. The Morgan fingerprint density at radius 2 is 2.13 bits per heavy atom. The summed E-state index contributed by atoms with van der Waals surface area (Å²) in [6, 6.07) is 6.11. The number of aliphatic carboxylic acids is 1. The molecule has 2 heterocycles. The average Bonchev–Trinajstić information content (AvgIpc) is 3.07. The van der Waals surface area contributed by atoms with Crippen molar-refractivity contribution in [1.29, 1.82) is 0 Å². The van der Waals surface area contributed by atoms with Crippen molar-refractivity contribution in [3.8, 4) is 0 Å². The third kappa shape index (κ3) is 3.66. The van der Waals surface area contributed by atoms with Gasteiger partial charge in [0.1, 0.15) is 18.4 Å². The van der Waals surface area contributed by atoms with Gasteiger partial charge >= 0.3 is 12.1 Å². The second kappa shape index (κ2) is 8.40. The van der Waals surface area contributed by atoms with E-state index >= 15 is 0 Å². The van der Waals surface area contributed by atoms with Gasteiger partial charge in [0.2, 0.25) is 5.91 Å². The zero-order valence-electron chi connectivity index (χ0n) is 16.6. The molecule has 0 bridgehead atoms. The number of nitrogens with zero attached hydrogens (tertiary/aromatic N) is 1. The van der Waals surface area contributed by atoms with Crippen molar-refractivity contribution < 1.29 is 33.8 Å². The zero-order chi connectivity index (χ0) is 22.0. The molecule has 9 heteroatoms. The highest BCUT2D eigenvalue weighted by atomic mass is 16.7. The van der Waals surface area contributed by atoms with Crippen molar-refractivity contribution in [2.45, 2.75) is 25.5 Å². The third-order valence-corrected chi connectivity index (χ3v) is 5.22. The van der Waals surface area contributed by atoms with Crippen molar-refractivity contribution in [2.75, 3.05) is 13.7 Å². The van der Waals surface area contributed by atoms with Crippen LogP contribution in [0.5, 0.6) is 0 Å². The van der Waals surface area contributed by atoms with Crippen LogP contribution < -0.4 is 5.32 Å². The molecule has 3 atom stereocenters. The Kier molecular flexibility index (Phi) is 5.91. The van der Waals surface area contributed by atoms with Gasteiger partial charge in [-0.1, -0.05) is 24.8 Å². The van der Waals surface area contributed by atoms with Gasteiger partial charge in [-0.25, -0.2) is 9.59 Å². The Morgan fingerprint density at radius 3 is 2.77 bits per heavy atom. The topological polar surface area (TPSA) is 122 Å². The van der Waals surface area contributed by atoms with Crippen LogP contribution in [0.3, 0.4) is 0 Å². The van der Waals surface area contributed by atoms with E-state index in [2.05, 4.69) is 11.9 Å². The van der Waals surface area contributed by atoms with Gasteiger partial charge < -0.3 is 24.8 Å². The van der Waals surface area contributed by atoms with Crippen molar-refractivity contribution in [3.63, 3.8) is 0 Å². The lowest BCUT2D eigenvalue weighted by molar-refractivity contribution is -0.162. The predicted octanol–water partition coefficient (Wildman–Crippen LogP) is 1.80. The molecule has 1 saturated heterocycles. The normalized spacial score (nSPS) is 20.7. The first kappa shape index (κ1) is 21.1. The van der Waals surface area contributed by atoms with Crippen LogP contribution in [0.15, 0.2) is 42.6 Å². The molecule has 30 heavy (non-hydrogen) atoms. The van der Waals surface area contributed by atoms with E-state index in [0.717, 1.165) is 0 Å². The Hall–Kier alpha value is -3.62. The Morgan fingerprint density at radius 1 is 1.40 bits per heavy atom. The first-order valence-electron chi connectivity index (χ1n) is 9.36. The highest BCUT2D eigenvalue weighted by Crippen LogP contribution is 2.47. The molecule has 158 valence electrons. The molecule has 1 aromatic carbocycles. The molecule has 1 fully saturated rings. The number of carbonyl (C=O) groups excluding carboxylic acids is 3. The van der Waals surface area contributed by atoms with Gasteiger partial charge in [-0.2, -0.15) is 0 Å². The minimum Gasteiger partial charge on any atom is -0.477 e. The van der Waals surface area contributed by atoms with Gasteiger partial charge in [-0.15, -0.1) is 0 Å². The number of fused-ring (bicyclic) bond motifs is 1. The summed E-state index contributed by atoms with van der Waals surface area (Å²) in [5, 5.41) is 12.3. The quantitative estimate of drug-likeness (QED) is 0.396. The maximum atomic E-state index is 12.7.